The van der Waals surface area contributed by atoms with Crippen molar-refractivity contribution >= 4 is 10.0 Å². The molecule has 0 spiro atoms. The first-order valence-corrected chi connectivity index (χ1v) is 7.06. The van der Waals surface area contributed by atoms with Crippen molar-refractivity contribution in [1.29, 1.82) is 0 Å². The molecular formula is C9H17N5O2S. The van der Waals surface area contributed by atoms with Crippen molar-refractivity contribution in [1.82, 2.24) is 19.7 Å². The summed E-state index contributed by atoms with van der Waals surface area (Å²) in [6.07, 6.45) is 4.82. The number of nitrogens with two attached hydrogens (primary N) is 1. The van der Waals surface area contributed by atoms with Gasteiger partial charge in [-0.2, -0.15) is 0 Å². The monoisotopic (exact) mass is 259 g/mol. The van der Waals surface area contributed by atoms with E-state index in [1.165, 1.54) is 10.9 Å². The first kappa shape index (κ1) is 12.5. The van der Waals surface area contributed by atoms with Crippen LogP contribution in [0.4, 0.5) is 0 Å². The highest BCUT2D eigenvalue weighted by Gasteiger charge is 2.37. The average molecular weight is 259 g/mol. The molecule has 7 nitrogen and oxygen atoms in total. The lowest BCUT2D eigenvalue weighted by Crippen LogP contribution is -2.51. The molecule has 0 unspecified atom stereocenters. The zero-order valence-corrected chi connectivity index (χ0v) is 10.6. The molecule has 1 aromatic heterocycles. The highest BCUT2D eigenvalue weighted by Crippen LogP contribution is 2.30. The Labute approximate surface area is 100 Å². The Balaban J connectivity index is 2.26. The smallest absolute Gasteiger partial charge is 0.259 e. The van der Waals surface area contributed by atoms with Crippen molar-refractivity contribution in [3.8, 4) is 0 Å². The third-order valence-corrected chi connectivity index (χ3v) is 4.87. The second-order valence-electron chi connectivity index (χ2n) is 4.49. The standard InChI is InChI=1S/C9H17N5O2S/c1-14-8(6-11-13-14)17(15,16)12-9(7-10)4-2-3-5-9/h6,12H,2-5,7,10H2,1H3. The van der Waals surface area contributed by atoms with Gasteiger partial charge in [-0.3, -0.25) is 0 Å². The van der Waals surface area contributed by atoms with Crippen LogP contribution in [0, 0.1) is 0 Å². The van der Waals surface area contributed by atoms with Crippen LogP contribution in [0.25, 0.3) is 0 Å². The van der Waals surface area contributed by atoms with Gasteiger partial charge in [-0.1, -0.05) is 18.1 Å². The van der Waals surface area contributed by atoms with E-state index in [1.54, 1.807) is 7.05 Å². The van der Waals surface area contributed by atoms with E-state index < -0.39 is 15.6 Å². The van der Waals surface area contributed by atoms with Gasteiger partial charge in [0.05, 0.1) is 6.20 Å². The Morgan fingerprint density at radius 2 is 2.18 bits per heavy atom. The summed E-state index contributed by atoms with van der Waals surface area (Å²) in [5.41, 5.74) is 5.21. The predicted molar refractivity (Wildman–Crippen MR) is 61.6 cm³/mol. The fourth-order valence-corrected chi connectivity index (χ4v) is 3.79. The van der Waals surface area contributed by atoms with Gasteiger partial charge >= 0.3 is 0 Å². The molecule has 0 bridgehead atoms. The summed E-state index contributed by atoms with van der Waals surface area (Å²) in [6, 6.07) is 0. The Kier molecular flexibility index (Phi) is 3.19. The predicted octanol–water partition coefficient (Wildman–Crippen LogP) is -0.635. The third-order valence-electron chi connectivity index (χ3n) is 3.25. The Bertz CT molecular complexity index is 489. The van der Waals surface area contributed by atoms with Crippen molar-refractivity contribution in [2.24, 2.45) is 12.8 Å². The number of aryl methyl sites for hydroxylation is 1. The number of nitrogens with one attached hydrogen (secondary N) is 1. The molecule has 2 rings (SSSR count). The lowest BCUT2D eigenvalue weighted by atomic mass is 10.0. The maximum atomic E-state index is 12.2. The maximum absolute atomic E-state index is 12.2. The molecule has 0 aromatic carbocycles. The van der Waals surface area contributed by atoms with Gasteiger partial charge in [0.2, 0.25) is 0 Å². The van der Waals surface area contributed by atoms with Crippen LogP contribution < -0.4 is 10.5 Å². The summed E-state index contributed by atoms with van der Waals surface area (Å²) in [5.74, 6) is 0. The van der Waals surface area contributed by atoms with Crippen LogP contribution in [0.2, 0.25) is 0 Å². The van der Waals surface area contributed by atoms with Gasteiger partial charge in [-0.15, -0.1) is 5.10 Å². The SMILES string of the molecule is Cn1nncc1S(=O)(=O)NC1(CN)CCCC1. The van der Waals surface area contributed by atoms with E-state index in [2.05, 4.69) is 15.0 Å². The molecule has 1 aliphatic rings. The molecule has 1 aliphatic carbocycles. The fourth-order valence-electron chi connectivity index (χ4n) is 2.26. The molecule has 0 aliphatic heterocycles. The number of rotatable bonds is 4. The summed E-state index contributed by atoms with van der Waals surface area (Å²) >= 11 is 0. The highest BCUT2D eigenvalue weighted by atomic mass is 32.2. The molecule has 1 saturated carbocycles. The molecule has 1 fully saturated rings. The molecule has 17 heavy (non-hydrogen) atoms. The van der Waals surface area contributed by atoms with Gasteiger partial charge in [0.25, 0.3) is 10.0 Å². The van der Waals surface area contributed by atoms with Crippen LogP contribution in [0.1, 0.15) is 25.7 Å². The van der Waals surface area contributed by atoms with Crippen LogP contribution >= 0.6 is 0 Å². The van der Waals surface area contributed by atoms with Crippen molar-refractivity contribution < 1.29 is 8.42 Å². The zero-order valence-electron chi connectivity index (χ0n) is 9.76. The second kappa shape index (κ2) is 4.35. The Morgan fingerprint density at radius 1 is 1.53 bits per heavy atom. The molecular weight excluding hydrogens is 242 g/mol. The minimum atomic E-state index is -3.59. The van der Waals surface area contributed by atoms with E-state index in [4.69, 9.17) is 5.73 Å². The van der Waals surface area contributed by atoms with E-state index in [-0.39, 0.29) is 5.03 Å². The highest BCUT2D eigenvalue weighted by molar-refractivity contribution is 7.89. The first-order valence-electron chi connectivity index (χ1n) is 5.58. The van der Waals surface area contributed by atoms with Gasteiger partial charge in [0, 0.05) is 19.1 Å². The van der Waals surface area contributed by atoms with Crippen molar-refractivity contribution in [3.05, 3.63) is 6.20 Å². The minimum Gasteiger partial charge on any atom is -0.329 e. The number of hydrogen-bond acceptors (Lipinski definition) is 5. The first-order chi connectivity index (χ1) is 7.99. The van der Waals surface area contributed by atoms with Crippen LogP contribution in [-0.4, -0.2) is 35.5 Å². The molecule has 0 radical (unpaired) electrons. The van der Waals surface area contributed by atoms with Crippen molar-refractivity contribution in [2.45, 2.75) is 36.2 Å². The topological polar surface area (TPSA) is 103 Å². The Morgan fingerprint density at radius 3 is 2.65 bits per heavy atom. The van der Waals surface area contributed by atoms with Crippen LogP contribution in [0.15, 0.2) is 11.2 Å². The van der Waals surface area contributed by atoms with Crippen LogP contribution in [-0.2, 0) is 17.1 Å². The van der Waals surface area contributed by atoms with E-state index in [9.17, 15) is 8.42 Å². The van der Waals surface area contributed by atoms with Crippen molar-refractivity contribution in [2.75, 3.05) is 6.54 Å². The summed E-state index contributed by atoms with van der Waals surface area (Å²) in [7, 11) is -2.05. The van der Waals surface area contributed by atoms with E-state index >= 15 is 0 Å². The number of hydrogen-bond donors (Lipinski definition) is 2. The molecule has 1 heterocycles. The van der Waals surface area contributed by atoms with Gasteiger partial charge in [0.1, 0.15) is 0 Å². The molecule has 96 valence electrons. The molecule has 1 aromatic rings. The summed E-state index contributed by atoms with van der Waals surface area (Å²) < 4.78 is 28.3. The number of nitrogens with zero attached hydrogens (tertiary/aromatic N) is 3. The molecule has 0 amide bonds. The Hall–Kier alpha value is -0.990. The third kappa shape index (κ3) is 2.33. The molecule has 8 heteroatoms. The number of aromatic nitrogens is 3. The van der Waals surface area contributed by atoms with E-state index in [0.29, 0.717) is 6.54 Å². The second-order valence-corrected chi connectivity index (χ2v) is 6.12. The van der Waals surface area contributed by atoms with Gasteiger partial charge in [-0.25, -0.2) is 17.8 Å². The molecule has 0 saturated heterocycles. The van der Waals surface area contributed by atoms with Crippen LogP contribution in [0.5, 0.6) is 0 Å². The molecule has 0 atom stereocenters. The minimum absolute atomic E-state index is 0.0669. The van der Waals surface area contributed by atoms with Crippen molar-refractivity contribution in [3.63, 3.8) is 0 Å². The largest absolute Gasteiger partial charge is 0.329 e. The summed E-state index contributed by atoms with van der Waals surface area (Å²) in [4.78, 5) is 0. The van der Waals surface area contributed by atoms with Crippen LogP contribution in [0.3, 0.4) is 0 Å². The summed E-state index contributed by atoms with van der Waals surface area (Å²) in [5, 5.41) is 7.26. The average Bonchev–Trinajstić information content (AvgIpc) is 2.87. The van der Waals surface area contributed by atoms with E-state index in [1.807, 2.05) is 0 Å². The molecule has 3 N–H and O–H groups in total. The number of sulfonamides is 1. The fraction of sp³-hybridized carbons (Fsp3) is 0.778. The van der Waals surface area contributed by atoms with Gasteiger partial charge in [0.15, 0.2) is 5.03 Å². The maximum Gasteiger partial charge on any atom is 0.259 e. The van der Waals surface area contributed by atoms with Gasteiger partial charge < -0.3 is 5.73 Å². The lowest BCUT2D eigenvalue weighted by molar-refractivity contribution is 0.397. The van der Waals surface area contributed by atoms with Gasteiger partial charge in [-0.05, 0) is 12.8 Å². The lowest BCUT2D eigenvalue weighted by Gasteiger charge is -2.27. The summed E-state index contributed by atoms with van der Waals surface area (Å²) in [6.45, 7) is 0.317. The normalized spacial score (nSPS) is 19.6. The van der Waals surface area contributed by atoms with E-state index in [0.717, 1.165) is 25.7 Å². The quantitative estimate of drug-likeness (QED) is 0.749. The zero-order chi connectivity index (χ0) is 12.5.